The molecule has 0 fully saturated rings. The number of aromatic nitrogens is 3. The van der Waals surface area contributed by atoms with Gasteiger partial charge in [-0.05, 0) is 19.5 Å². The van der Waals surface area contributed by atoms with E-state index in [9.17, 15) is 4.79 Å². The summed E-state index contributed by atoms with van der Waals surface area (Å²) >= 11 is 0. The van der Waals surface area contributed by atoms with E-state index in [2.05, 4.69) is 15.0 Å². The van der Waals surface area contributed by atoms with Crippen LogP contribution in [0.1, 0.15) is 18.3 Å². The van der Waals surface area contributed by atoms with E-state index in [0.29, 0.717) is 18.3 Å². The van der Waals surface area contributed by atoms with Crippen molar-refractivity contribution in [2.24, 2.45) is 0 Å². The van der Waals surface area contributed by atoms with Gasteiger partial charge in [-0.15, -0.1) is 0 Å². The number of rotatable bonds is 7. The third-order valence-corrected chi connectivity index (χ3v) is 3.71. The van der Waals surface area contributed by atoms with Gasteiger partial charge in [0, 0.05) is 20.6 Å². The van der Waals surface area contributed by atoms with Crippen LogP contribution in [0.3, 0.4) is 0 Å². The largest absolute Gasteiger partial charge is 0.456 e. The van der Waals surface area contributed by atoms with Crippen molar-refractivity contribution in [2.75, 3.05) is 31.8 Å². The summed E-state index contributed by atoms with van der Waals surface area (Å²) in [6.07, 6.45) is 0. The van der Waals surface area contributed by atoms with E-state index in [1.54, 1.807) is 25.9 Å². The second-order valence-corrected chi connectivity index (χ2v) is 5.99. The highest BCUT2D eigenvalue weighted by atomic mass is 16.5. The van der Waals surface area contributed by atoms with E-state index in [4.69, 9.17) is 10.5 Å². The summed E-state index contributed by atoms with van der Waals surface area (Å²) in [6, 6.07) is 9.55. The Hall–Kier alpha value is -2.74. The molecular weight excluding hydrogens is 320 g/mol. The first-order valence-electron chi connectivity index (χ1n) is 7.95. The predicted octanol–water partition coefficient (Wildman–Crippen LogP) is 1.08. The van der Waals surface area contributed by atoms with E-state index in [-0.39, 0.29) is 18.5 Å². The third kappa shape index (κ3) is 5.39. The van der Waals surface area contributed by atoms with Crippen LogP contribution < -0.4 is 10.6 Å². The molecular formula is C17H24N6O2. The first-order chi connectivity index (χ1) is 11.9. The molecule has 1 aromatic carbocycles. The smallest absolute Gasteiger partial charge is 0.323 e. The molecule has 1 aromatic heterocycles. The summed E-state index contributed by atoms with van der Waals surface area (Å²) in [6.45, 7) is 2.41. The predicted molar refractivity (Wildman–Crippen MR) is 95.7 cm³/mol. The first kappa shape index (κ1) is 18.6. The summed E-state index contributed by atoms with van der Waals surface area (Å²) in [7, 11) is 5.47. The Morgan fingerprint density at radius 2 is 1.84 bits per heavy atom. The zero-order chi connectivity index (χ0) is 18.4. The van der Waals surface area contributed by atoms with E-state index in [1.807, 2.05) is 42.3 Å². The molecule has 0 aliphatic heterocycles. The minimum atomic E-state index is -0.396. The van der Waals surface area contributed by atoms with E-state index in [0.717, 1.165) is 5.56 Å². The molecule has 134 valence electrons. The second kappa shape index (κ2) is 8.39. The summed E-state index contributed by atoms with van der Waals surface area (Å²) < 4.78 is 5.33. The van der Waals surface area contributed by atoms with Crippen molar-refractivity contribution in [3.8, 4) is 0 Å². The molecule has 0 saturated heterocycles. The van der Waals surface area contributed by atoms with Crippen LogP contribution >= 0.6 is 0 Å². The molecule has 0 amide bonds. The standard InChI is InChI=1S/C17H24N6O2/c1-12(23(4)10-13-8-6-5-7-9-13)15(24)25-11-14-19-16(18)21-17(20-14)22(2)3/h5-9,12H,10-11H2,1-4H3,(H2,18,19,20,21)/t12-/m0/s1. The normalized spacial score (nSPS) is 12.0. The zero-order valence-electron chi connectivity index (χ0n) is 15.0. The van der Waals surface area contributed by atoms with Crippen molar-refractivity contribution in [2.45, 2.75) is 26.1 Å². The molecule has 1 heterocycles. The maximum absolute atomic E-state index is 12.3. The van der Waals surface area contributed by atoms with Crippen LogP contribution in [0.2, 0.25) is 0 Å². The van der Waals surface area contributed by atoms with Crippen LogP contribution in [0.4, 0.5) is 11.9 Å². The van der Waals surface area contributed by atoms with Crippen LogP contribution in [0.15, 0.2) is 30.3 Å². The third-order valence-electron chi connectivity index (χ3n) is 3.71. The summed E-state index contributed by atoms with van der Waals surface area (Å²) in [5.74, 6) is 0.498. The number of carbonyl (C=O) groups is 1. The fourth-order valence-corrected chi connectivity index (χ4v) is 2.13. The van der Waals surface area contributed by atoms with Crippen molar-refractivity contribution in [3.63, 3.8) is 0 Å². The van der Waals surface area contributed by atoms with Crippen LogP contribution in [0.25, 0.3) is 0 Å². The molecule has 0 saturated carbocycles. The number of nitrogens with zero attached hydrogens (tertiary/aromatic N) is 5. The van der Waals surface area contributed by atoms with Gasteiger partial charge in [-0.25, -0.2) is 0 Å². The SMILES string of the molecule is C[C@@H](C(=O)OCc1nc(N)nc(N(C)C)n1)N(C)Cc1ccccc1. The topological polar surface area (TPSA) is 97.5 Å². The van der Waals surface area contributed by atoms with Crippen molar-refractivity contribution in [3.05, 3.63) is 41.7 Å². The molecule has 0 bridgehead atoms. The number of esters is 1. The van der Waals surface area contributed by atoms with Crippen LogP contribution in [-0.4, -0.2) is 53.0 Å². The Balaban J connectivity index is 1.93. The average molecular weight is 344 g/mol. The molecule has 8 nitrogen and oxygen atoms in total. The fourth-order valence-electron chi connectivity index (χ4n) is 2.13. The van der Waals surface area contributed by atoms with Gasteiger partial charge in [0.15, 0.2) is 12.4 Å². The molecule has 2 N–H and O–H groups in total. The summed E-state index contributed by atoms with van der Waals surface area (Å²) in [4.78, 5) is 28.1. The number of anilines is 2. The van der Waals surface area contributed by atoms with Crippen LogP contribution in [0, 0.1) is 0 Å². The van der Waals surface area contributed by atoms with Gasteiger partial charge in [0.2, 0.25) is 11.9 Å². The van der Waals surface area contributed by atoms with Gasteiger partial charge in [0.25, 0.3) is 0 Å². The maximum Gasteiger partial charge on any atom is 0.323 e. The molecule has 0 unspecified atom stereocenters. The molecule has 1 atom stereocenters. The molecule has 2 aromatic rings. The monoisotopic (exact) mass is 344 g/mol. The lowest BCUT2D eigenvalue weighted by Crippen LogP contribution is -2.36. The Morgan fingerprint density at radius 3 is 2.48 bits per heavy atom. The first-order valence-corrected chi connectivity index (χ1v) is 7.95. The minimum Gasteiger partial charge on any atom is -0.456 e. The van der Waals surface area contributed by atoms with Gasteiger partial charge < -0.3 is 15.4 Å². The van der Waals surface area contributed by atoms with Gasteiger partial charge >= 0.3 is 5.97 Å². The Kier molecular flexibility index (Phi) is 6.24. The van der Waals surface area contributed by atoms with Gasteiger partial charge in [-0.3, -0.25) is 9.69 Å². The van der Waals surface area contributed by atoms with Crippen molar-refractivity contribution in [1.29, 1.82) is 0 Å². The number of nitrogens with two attached hydrogens (primary N) is 1. The number of ether oxygens (including phenoxy) is 1. The van der Waals surface area contributed by atoms with Crippen molar-refractivity contribution >= 4 is 17.9 Å². The van der Waals surface area contributed by atoms with Gasteiger partial charge in [0.05, 0.1) is 0 Å². The molecule has 0 aliphatic rings. The minimum absolute atomic E-state index is 0.0457. The fraction of sp³-hybridized carbons (Fsp3) is 0.412. The van der Waals surface area contributed by atoms with E-state index < -0.39 is 6.04 Å². The molecule has 8 heteroatoms. The number of hydrogen-bond donors (Lipinski definition) is 1. The van der Waals surface area contributed by atoms with Crippen LogP contribution in [-0.2, 0) is 22.7 Å². The van der Waals surface area contributed by atoms with Crippen LogP contribution in [0.5, 0.6) is 0 Å². The Morgan fingerprint density at radius 1 is 1.16 bits per heavy atom. The molecule has 0 spiro atoms. The number of carbonyl (C=O) groups excluding carboxylic acids is 1. The quantitative estimate of drug-likeness (QED) is 0.745. The van der Waals surface area contributed by atoms with Crippen molar-refractivity contribution in [1.82, 2.24) is 19.9 Å². The van der Waals surface area contributed by atoms with Gasteiger partial charge in [0.1, 0.15) is 6.04 Å². The van der Waals surface area contributed by atoms with E-state index in [1.165, 1.54) is 0 Å². The lowest BCUT2D eigenvalue weighted by molar-refractivity contribution is -0.150. The number of nitrogen functional groups attached to an aromatic ring is 1. The highest BCUT2D eigenvalue weighted by molar-refractivity contribution is 5.75. The highest BCUT2D eigenvalue weighted by Gasteiger charge is 2.20. The molecule has 0 aliphatic carbocycles. The average Bonchev–Trinajstić information content (AvgIpc) is 2.59. The zero-order valence-corrected chi connectivity index (χ0v) is 15.0. The molecule has 2 rings (SSSR count). The Labute approximate surface area is 147 Å². The van der Waals surface area contributed by atoms with Crippen molar-refractivity contribution < 1.29 is 9.53 Å². The molecule has 25 heavy (non-hydrogen) atoms. The number of benzene rings is 1. The lowest BCUT2D eigenvalue weighted by atomic mass is 10.2. The van der Waals surface area contributed by atoms with E-state index >= 15 is 0 Å². The molecule has 0 radical (unpaired) electrons. The summed E-state index contributed by atoms with van der Waals surface area (Å²) in [5.41, 5.74) is 6.79. The number of hydrogen-bond acceptors (Lipinski definition) is 8. The summed E-state index contributed by atoms with van der Waals surface area (Å²) in [5, 5.41) is 0. The number of likely N-dealkylation sites (N-methyl/N-ethyl adjacent to an activating group) is 1. The van der Waals surface area contributed by atoms with Gasteiger partial charge in [-0.2, -0.15) is 15.0 Å². The maximum atomic E-state index is 12.3. The second-order valence-electron chi connectivity index (χ2n) is 5.99. The highest BCUT2D eigenvalue weighted by Crippen LogP contribution is 2.10. The Bertz CT molecular complexity index is 708. The lowest BCUT2D eigenvalue weighted by Gasteiger charge is -2.23. The van der Waals surface area contributed by atoms with Gasteiger partial charge in [-0.1, -0.05) is 30.3 Å².